The Labute approximate surface area is 122 Å². The highest BCUT2D eigenvalue weighted by molar-refractivity contribution is 5.09. The van der Waals surface area contributed by atoms with Crippen LogP contribution in [0.3, 0.4) is 0 Å². The largest absolute Gasteiger partial charge is 0.378 e. The summed E-state index contributed by atoms with van der Waals surface area (Å²) in [6.45, 7) is 6.05. The van der Waals surface area contributed by atoms with Gasteiger partial charge in [-0.2, -0.15) is 0 Å². The first-order valence-electron chi connectivity index (χ1n) is 8.78. The molecule has 2 heterocycles. The number of hydrogen-bond donors (Lipinski definition) is 1. The molecular formula is C17H29NO2. The number of ether oxygens (including phenoxy) is 2. The van der Waals surface area contributed by atoms with E-state index in [1.807, 2.05) is 0 Å². The molecule has 2 aliphatic carbocycles. The van der Waals surface area contributed by atoms with Gasteiger partial charge in [-0.05, 0) is 55.9 Å². The molecule has 0 aromatic heterocycles. The quantitative estimate of drug-likeness (QED) is 0.858. The second kappa shape index (κ2) is 5.26. The van der Waals surface area contributed by atoms with Crippen LogP contribution in [0.2, 0.25) is 0 Å². The van der Waals surface area contributed by atoms with Crippen molar-refractivity contribution in [2.24, 2.45) is 23.7 Å². The fraction of sp³-hybridized carbons (Fsp3) is 1.00. The maximum absolute atomic E-state index is 6.13. The highest BCUT2D eigenvalue weighted by Crippen LogP contribution is 2.60. The van der Waals surface area contributed by atoms with Crippen molar-refractivity contribution in [3.63, 3.8) is 0 Å². The molecule has 4 fully saturated rings. The molecule has 5 atom stereocenters. The van der Waals surface area contributed by atoms with Crippen LogP contribution in [0.15, 0.2) is 0 Å². The van der Waals surface area contributed by atoms with Gasteiger partial charge in [0.05, 0.1) is 12.2 Å². The van der Waals surface area contributed by atoms with Crippen molar-refractivity contribution in [2.75, 3.05) is 26.4 Å². The minimum absolute atomic E-state index is 0.0700. The predicted octanol–water partition coefficient (Wildman–Crippen LogP) is 2.60. The third-order valence-electron chi connectivity index (χ3n) is 6.43. The molecule has 0 radical (unpaired) electrons. The molecule has 4 aliphatic rings. The van der Waals surface area contributed by atoms with Gasteiger partial charge in [-0.1, -0.05) is 13.3 Å². The van der Waals surface area contributed by atoms with Crippen LogP contribution in [0.4, 0.5) is 0 Å². The lowest BCUT2D eigenvalue weighted by Gasteiger charge is -2.41. The van der Waals surface area contributed by atoms with E-state index in [-0.39, 0.29) is 5.60 Å². The molecule has 0 aromatic rings. The van der Waals surface area contributed by atoms with Crippen LogP contribution in [0.5, 0.6) is 0 Å². The number of fused-ring (bicyclic) bond motifs is 1. The van der Waals surface area contributed by atoms with Crippen molar-refractivity contribution in [3.8, 4) is 0 Å². The van der Waals surface area contributed by atoms with Crippen molar-refractivity contribution >= 4 is 0 Å². The molecule has 1 N–H and O–H groups in total. The van der Waals surface area contributed by atoms with Crippen LogP contribution in [0, 0.1) is 23.7 Å². The van der Waals surface area contributed by atoms with Crippen LogP contribution >= 0.6 is 0 Å². The highest BCUT2D eigenvalue weighted by Gasteiger charge is 2.58. The first kappa shape index (κ1) is 13.5. The summed E-state index contributed by atoms with van der Waals surface area (Å²) in [6.07, 6.45) is 8.05. The number of rotatable bonds is 4. The van der Waals surface area contributed by atoms with E-state index in [1.165, 1.54) is 32.1 Å². The minimum Gasteiger partial charge on any atom is -0.378 e. The van der Waals surface area contributed by atoms with Gasteiger partial charge in [0.1, 0.15) is 0 Å². The van der Waals surface area contributed by atoms with E-state index in [2.05, 4.69) is 12.2 Å². The van der Waals surface area contributed by atoms with Crippen molar-refractivity contribution in [1.29, 1.82) is 0 Å². The first-order chi connectivity index (χ1) is 9.83. The van der Waals surface area contributed by atoms with Crippen molar-refractivity contribution < 1.29 is 9.47 Å². The van der Waals surface area contributed by atoms with Crippen LogP contribution < -0.4 is 5.32 Å². The minimum atomic E-state index is 0.0700. The van der Waals surface area contributed by atoms with Gasteiger partial charge in [0.15, 0.2) is 0 Å². The number of nitrogens with one attached hydrogen (secondary N) is 1. The zero-order valence-electron chi connectivity index (χ0n) is 12.8. The van der Waals surface area contributed by atoms with E-state index in [0.717, 1.165) is 62.5 Å². The Hall–Kier alpha value is -0.120. The van der Waals surface area contributed by atoms with Crippen molar-refractivity contribution in [2.45, 2.75) is 57.1 Å². The molecule has 1 spiro atoms. The Balaban J connectivity index is 1.45. The summed E-state index contributed by atoms with van der Waals surface area (Å²) in [4.78, 5) is 0. The molecule has 0 amide bonds. The maximum Gasteiger partial charge on any atom is 0.0939 e. The predicted molar refractivity (Wildman–Crippen MR) is 78.6 cm³/mol. The van der Waals surface area contributed by atoms with Gasteiger partial charge in [0.2, 0.25) is 0 Å². The monoisotopic (exact) mass is 279 g/mol. The Morgan fingerprint density at radius 2 is 2.05 bits per heavy atom. The number of hydrogen-bond acceptors (Lipinski definition) is 3. The third-order valence-corrected chi connectivity index (χ3v) is 6.43. The Morgan fingerprint density at radius 3 is 2.75 bits per heavy atom. The maximum atomic E-state index is 6.13. The Bertz CT molecular complexity index is 343. The molecule has 4 rings (SSSR count). The van der Waals surface area contributed by atoms with Gasteiger partial charge in [-0.25, -0.2) is 0 Å². The van der Waals surface area contributed by atoms with Gasteiger partial charge >= 0.3 is 0 Å². The van der Waals surface area contributed by atoms with Crippen LogP contribution in [-0.2, 0) is 9.47 Å². The average molecular weight is 279 g/mol. The summed E-state index contributed by atoms with van der Waals surface area (Å²) in [6, 6.07) is 0.747. The van der Waals surface area contributed by atoms with Gasteiger partial charge in [0, 0.05) is 25.7 Å². The lowest BCUT2D eigenvalue weighted by atomic mass is 9.78. The topological polar surface area (TPSA) is 30.5 Å². The molecule has 2 saturated carbocycles. The van der Waals surface area contributed by atoms with Gasteiger partial charge < -0.3 is 14.8 Å². The first-order valence-corrected chi connectivity index (χ1v) is 8.78. The Kier molecular flexibility index (Phi) is 3.56. The summed E-state index contributed by atoms with van der Waals surface area (Å²) in [5.41, 5.74) is 0.0700. The van der Waals surface area contributed by atoms with Crippen LogP contribution in [-0.4, -0.2) is 38.0 Å². The van der Waals surface area contributed by atoms with Crippen LogP contribution in [0.1, 0.15) is 45.4 Å². The molecule has 2 saturated heterocycles. The normalized spacial score (nSPS) is 48.5. The second-order valence-corrected chi connectivity index (χ2v) is 7.51. The summed E-state index contributed by atoms with van der Waals surface area (Å²) < 4.78 is 11.8. The molecule has 0 bridgehead atoms. The summed E-state index contributed by atoms with van der Waals surface area (Å²) in [7, 11) is 0. The summed E-state index contributed by atoms with van der Waals surface area (Å²) in [5.74, 6) is 3.89. The molecule has 20 heavy (non-hydrogen) atoms. The SMILES string of the molecule is CCNC(C1CCOC2(CCOC2)C1)C1C2CCCC21. The van der Waals surface area contributed by atoms with E-state index in [1.54, 1.807) is 0 Å². The van der Waals surface area contributed by atoms with E-state index < -0.39 is 0 Å². The standard InChI is InChI=1S/C17H29NO2/c1-2-18-16(15-13-4-3-5-14(13)15)12-6-8-20-17(10-12)7-9-19-11-17/h12-16,18H,2-11H2,1H3. The van der Waals surface area contributed by atoms with Gasteiger partial charge in [0.25, 0.3) is 0 Å². The molecule has 0 aromatic carbocycles. The van der Waals surface area contributed by atoms with E-state index in [9.17, 15) is 0 Å². The molecule has 114 valence electrons. The van der Waals surface area contributed by atoms with Crippen molar-refractivity contribution in [3.05, 3.63) is 0 Å². The lowest BCUT2D eigenvalue weighted by molar-refractivity contribution is -0.104. The summed E-state index contributed by atoms with van der Waals surface area (Å²) >= 11 is 0. The highest BCUT2D eigenvalue weighted by atomic mass is 16.6. The zero-order chi connectivity index (χ0) is 13.6. The summed E-state index contributed by atoms with van der Waals surface area (Å²) in [5, 5.41) is 3.85. The smallest absolute Gasteiger partial charge is 0.0939 e. The molecule has 3 nitrogen and oxygen atoms in total. The molecule has 3 heteroatoms. The van der Waals surface area contributed by atoms with Gasteiger partial charge in [-0.3, -0.25) is 0 Å². The fourth-order valence-electron chi connectivity index (χ4n) is 5.50. The fourth-order valence-corrected chi connectivity index (χ4v) is 5.50. The lowest BCUT2D eigenvalue weighted by Crippen LogP contribution is -2.48. The van der Waals surface area contributed by atoms with E-state index in [0.29, 0.717) is 0 Å². The van der Waals surface area contributed by atoms with E-state index >= 15 is 0 Å². The zero-order valence-corrected chi connectivity index (χ0v) is 12.8. The van der Waals surface area contributed by atoms with Gasteiger partial charge in [-0.15, -0.1) is 0 Å². The third kappa shape index (κ3) is 2.22. The van der Waals surface area contributed by atoms with E-state index in [4.69, 9.17) is 9.47 Å². The van der Waals surface area contributed by atoms with Crippen LogP contribution in [0.25, 0.3) is 0 Å². The molecule has 2 aliphatic heterocycles. The second-order valence-electron chi connectivity index (χ2n) is 7.51. The average Bonchev–Trinajstić information content (AvgIpc) is 2.85. The van der Waals surface area contributed by atoms with Crippen molar-refractivity contribution in [1.82, 2.24) is 5.32 Å². The molecule has 5 unspecified atom stereocenters. The molecular weight excluding hydrogens is 250 g/mol. The Morgan fingerprint density at radius 1 is 1.20 bits per heavy atom.